The number of carboxylic acids is 1. The summed E-state index contributed by atoms with van der Waals surface area (Å²) in [6.07, 6.45) is -0.689. The van der Waals surface area contributed by atoms with E-state index in [1.807, 2.05) is 13.8 Å². The number of nitrogens with zero attached hydrogens (tertiary/aromatic N) is 1. The third-order valence-corrected chi connectivity index (χ3v) is 3.50. The zero-order valence-corrected chi connectivity index (χ0v) is 12.2. The van der Waals surface area contributed by atoms with Gasteiger partial charge in [0.1, 0.15) is 11.8 Å². The molecule has 1 amide bonds. The normalized spacial score (nSPS) is 19.6. The Morgan fingerprint density at radius 2 is 2.05 bits per heavy atom. The maximum absolute atomic E-state index is 12.5. The minimum atomic E-state index is -1.08. The van der Waals surface area contributed by atoms with Gasteiger partial charge in [-0.3, -0.25) is 9.69 Å². The highest BCUT2D eigenvalue weighted by atomic mass is 35.5. The first-order valence-electron chi connectivity index (χ1n) is 6.35. The second-order valence-corrected chi connectivity index (χ2v) is 5.55. The summed E-state index contributed by atoms with van der Waals surface area (Å²) in [5.74, 6) is -1.02. The van der Waals surface area contributed by atoms with Gasteiger partial charge in [0, 0.05) is 5.02 Å². The number of hydrogen-bond acceptors (Lipinski definition) is 3. The molecule has 2 rings (SSSR count). The van der Waals surface area contributed by atoms with Crippen molar-refractivity contribution in [2.75, 3.05) is 4.90 Å². The summed E-state index contributed by atoms with van der Waals surface area (Å²) in [6, 6.07) is 3.87. The Kier molecular flexibility index (Phi) is 3.90. The fraction of sp³-hybridized carbons (Fsp3) is 0.429. The minimum Gasteiger partial charge on any atom is -0.480 e. The molecule has 2 atom stereocenters. The molecular formula is C14H16ClNO4. The molecule has 1 aromatic carbocycles. The second kappa shape index (κ2) is 5.32. The fourth-order valence-electron chi connectivity index (χ4n) is 2.15. The highest BCUT2D eigenvalue weighted by Gasteiger charge is 2.40. The van der Waals surface area contributed by atoms with Crippen LogP contribution in [0, 0.1) is 5.92 Å². The summed E-state index contributed by atoms with van der Waals surface area (Å²) in [5.41, 5.74) is 0.398. The van der Waals surface area contributed by atoms with E-state index < -0.39 is 18.1 Å². The van der Waals surface area contributed by atoms with Gasteiger partial charge in [0.05, 0.1) is 5.69 Å². The number of ether oxygens (including phenoxy) is 1. The summed E-state index contributed by atoms with van der Waals surface area (Å²) in [6.45, 7) is 5.17. The summed E-state index contributed by atoms with van der Waals surface area (Å²) in [5, 5.41) is 9.63. The summed E-state index contributed by atoms with van der Waals surface area (Å²) < 4.78 is 5.68. The standard InChI is InChI=1S/C14H16ClNO4/c1-7(2)12-13(17)16(8(3)14(18)19)10-6-9(15)4-5-11(10)20-12/h4-8,12H,1-3H3,(H,18,19). The Balaban J connectivity index is 2.54. The lowest BCUT2D eigenvalue weighted by Gasteiger charge is -2.37. The van der Waals surface area contributed by atoms with E-state index in [2.05, 4.69) is 0 Å². The van der Waals surface area contributed by atoms with Gasteiger partial charge in [-0.05, 0) is 31.0 Å². The van der Waals surface area contributed by atoms with E-state index in [-0.39, 0.29) is 11.8 Å². The van der Waals surface area contributed by atoms with Crippen LogP contribution in [-0.2, 0) is 9.59 Å². The van der Waals surface area contributed by atoms with Crippen molar-refractivity contribution in [3.63, 3.8) is 0 Å². The number of benzene rings is 1. The molecule has 1 heterocycles. The van der Waals surface area contributed by atoms with Gasteiger partial charge in [-0.25, -0.2) is 4.79 Å². The quantitative estimate of drug-likeness (QED) is 0.931. The van der Waals surface area contributed by atoms with E-state index in [9.17, 15) is 14.7 Å². The molecular weight excluding hydrogens is 282 g/mol. The Morgan fingerprint density at radius 3 is 2.60 bits per heavy atom. The average Bonchev–Trinajstić information content (AvgIpc) is 2.36. The van der Waals surface area contributed by atoms with Crippen molar-refractivity contribution in [1.82, 2.24) is 0 Å². The van der Waals surface area contributed by atoms with Crippen LogP contribution in [-0.4, -0.2) is 29.1 Å². The number of hydrogen-bond donors (Lipinski definition) is 1. The molecule has 1 aromatic rings. The average molecular weight is 298 g/mol. The van der Waals surface area contributed by atoms with Crippen molar-refractivity contribution in [3.05, 3.63) is 23.2 Å². The Labute approximate surface area is 122 Å². The van der Waals surface area contributed by atoms with Gasteiger partial charge >= 0.3 is 5.97 Å². The van der Waals surface area contributed by atoms with E-state index >= 15 is 0 Å². The van der Waals surface area contributed by atoms with Crippen LogP contribution in [0.15, 0.2) is 18.2 Å². The molecule has 6 heteroatoms. The summed E-state index contributed by atoms with van der Waals surface area (Å²) in [4.78, 5) is 25.0. The maximum atomic E-state index is 12.5. The van der Waals surface area contributed by atoms with Gasteiger partial charge in [0.15, 0.2) is 6.10 Å². The first kappa shape index (κ1) is 14.7. The van der Waals surface area contributed by atoms with Gasteiger partial charge in [-0.1, -0.05) is 25.4 Å². The van der Waals surface area contributed by atoms with Gasteiger partial charge in [-0.15, -0.1) is 0 Å². The van der Waals surface area contributed by atoms with Crippen LogP contribution in [0.3, 0.4) is 0 Å². The SMILES string of the molecule is CC(C)C1Oc2ccc(Cl)cc2N(C(C)C(=O)O)C1=O. The first-order chi connectivity index (χ1) is 9.32. The number of amides is 1. The molecule has 0 saturated heterocycles. The molecule has 0 spiro atoms. The molecule has 0 saturated carbocycles. The van der Waals surface area contributed by atoms with E-state index in [0.717, 1.165) is 0 Å². The van der Waals surface area contributed by atoms with E-state index in [4.69, 9.17) is 16.3 Å². The van der Waals surface area contributed by atoms with Gasteiger partial charge in [0.2, 0.25) is 0 Å². The number of halogens is 1. The highest BCUT2D eigenvalue weighted by Crippen LogP contribution is 2.38. The zero-order valence-electron chi connectivity index (χ0n) is 11.5. The number of fused-ring (bicyclic) bond motifs is 1. The molecule has 1 aliphatic heterocycles. The van der Waals surface area contributed by atoms with Gasteiger partial charge < -0.3 is 9.84 Å². The first-order valence-corrected chi connectivity index (χ1v) is 6.72. The predicted molar refractivity (Wildman–Crippen MR) is 75.3 cm³/mol. The van der Waals surface area contributed by atoms with Gasteiger partial charge in [-0.2, -0.15) is 0 Å². The molecule has 0 aliphatic carbocycles. The lowest BCUT2D eigenvalue weighted by molar-refractivity contribution is -0.141. The molecule has 0 fully saturated rings. The van der Waals surface area contributed by atoms with Crippen molar-refractivity contribution in [3.8, 4) is 5.75 Å². The molecule has 2 unspecified atom stereocenters. The highest BCUT2D eigenvalue weighted by molar-refractivity contribution is 6.31. The molecule has 0 aromatic heterocycles. The number of carbonyl (C=O) groups is 2. The molecule has 5 nitrogen and oxygen atoms in total. The van der Waals surface area contributed by atoms with Crippen molar-refractivity contribution >= 4 is 29.2 Å². The monoisotopic (exact) mass is 297 g/mol. The Morgan fingerprint density at radius 1 is 1.40 bits per heavy atom. The maximum Gasteiger partial charge on any atom is 0.326 e. The third kappa shape index (κ3) is 2.45. The zero-order chi connectivity index (χ0) is 15.0. The van der Waals surface area contributed by atoms with Crippen LogP contribution in [0.1, 0.15) is 20.8 Å². The smallest absolute Gasteiger partial charge is 0.326 e. The molecule has 0 bridgehead atoms. The number of carboxylic acid groups (broad SMARTS) is 1. The second-order valence-electron chi connectivity index (χ2n) is 5.12. The number of carbonyl (C=O) groups excluding carboxylic acids is 1. The van der Waals surface area contributed by atoms with Crippen molar-refractivity contribution in [2.24, 2.45) is 5.92 Å². The topological polar surface area (TPSA) is 66.8 Å². The molecule has 0 radical (unpaired) electrons. The largest absolute Gasteiger partial charge is 0.480 e. The van der Waals surface area contributed by atoms with Crippen LogP contribution in [0.25, 0.3) is 0 Å². The number of aliphatic carboxylic acids is 1. The van der Waals surface area contributed by atoms with Crippen LogP contribution < -0.4 is 9.64 Å². The minimum absolute atomic E-state index is 0.0603. The third-order valence-electron chi connectivity index (χ3n) is 3.27. The van der Waals surface area contributed by atoms with E-state index in [0.29, 0.717) is 16.5 Å². The van der Waals surface area contributed by atoms with E-state index in [1.165, 1.54) is 11.8 Å². The van der Waals surface area contributed by atoms with Crippen LogP contribution >= 0.6 is 11.6 Å². The fourth-order valence-corrected chi connectivity index (χ4v) is 2.32. The number of anilines is 1. The van der Waals surface area contributed by atoms with Crippen LogP contribution in [0.2, 0.25) is 5.02 Å². The van der Waals surface area contributed by atoms with Gasteiger partial charge in [0.25, 0.3) is 5.91 Å². The molecule has 1 aliphatic rings. The van der Waals surface area contributed by atoms with Crippen molar-refractivity contribution in [1.29, 1.82) is 0 Å². The summed E-state index contributed by atoms with van der Waals surface area (Å²) in [7, 11) is 0. The Hall–Kier alpha value is -1.75. The predicted octanol–water partition coefficient (Wildman–Crippen LogP) is 2.56. The lowest BCUT2D eigenvalue weighted by atomic mass is 10.0. The molecule has 108 valence electrons. The van der Waals surface area contributed by atoms with Crippen molar-refractivity contribution < 1.29 is 19.4 Å². The van der Waals surface area contributed by atoms with Crippen LogP contribution in [0.5, 0.6) is 5.75 Å². The van der Waals surface area contributed by atoms with Crippen molar-refractivity contribution in [2.45, 2.75) is 32.9 Å². The summed E-state index contributed by atoms with van der Waals surface area (Å²) >= 11 is 5.93. The van der Waals surface area contributed by atoms with E-state index in [1.54, 1.807) is 18.2 Å². The molecule has 20 heavy (non-hydrogen) atoms. The number of rotatable bonds is 3. The van der Waals surface area contributed by atoms with Crippen LogP contribution in [0.4, 0.5) is 5.69 Å². The molecule has 1 N–H and O–H groups in total. The Bertz CT molecular complexity index is 558. The lowest BCUT2D eigenvalue weighted by Crippen LogP contribution is -2.53.